The highest BCUT2D eigenvalue weighted by Gasteiger charge is 2.09. The van der Waals surface area contributed by atoms with Crippen molar-refractivity contribution in [1.82, 2.24) is 14.8 Å². The van der Waals surface area contributed by atoms with E-state index in [9.17, 15) is 0 Å². The summed E-state index contributed by atoms with van der Waals surface area (Å²) < 4.78 is 7.44. The molecule has 1 heterocycles. The molecule has 0 fully saturated rings. The summed E-state index contributed by atoms with van der Waals surface area (Å²) in [6.45, 7) is 2.83. The van der Waals surface area contributed by atoms with Crippen LogP contribution in [0.25, 0.3) is 0 Å². The minimum Gasteiger partial charge on any atom is -0.494 e. The predicted octanol–water partition coefficient (Wildman–Crippen LogP) is 2.40. The summed E-state index contributed by atoms with van der Waals surface area (Å²) >= 11 is 1.61. The fraction of sp³-hybridized carbons (Fsp3) is 0.429. The number of nitrogens with two attached hydrogens (primary N) is 1. The summed E-state index contributed by atoms with van der Waals surface area (Å²) in [6.07, 6.45) is 2.70. The number of hydrogen-bond donors (Lipinski definition) is 1. The van der Waals surface area contributed by atoms with Gasteiger partial charge in [-0.3, -0.25) is 0 Å². The number of benzene rings is 1. The van der Waals surface area contributed by atoms with E-state index < -0.39 is 0 Å². The lowest BCUT2D eigenvalue weighted by Crippen LogP contribution is -2.13. The summed E-state index contributed by atoms with van der Waals surface area (Å²) in [6, 6.07) is 7.95. The normalized spacial score (nSPS) is 12.3. The topological polar surface area (TPSA) is 66.0 Å². The van der Waals surface area contributed by atoms with Gasteiger partial charge in [0.25, 0.3) is 0 Å². The Morgan fingerprint density at radius 1 is 1.35 bits per heavy atom. The summed E-state index contributed by atoms with van der Waals surface area (Å²) in [7, 11) is 1.92. The monoisotopic (exact) mass is 292 g/mol. The fourth-order valence-electron chi connectivity index (χ4n) is 1.69. The Labute approximate surface area is 123 Å². The minimum atomic E-state index is -0.0306. The van der Waals surface area contributed by atoms with Crippen molar-refractivity contribution in [3.8, 4) is 5.75 Å². The van der Waals surface area contributed by atoms with Gasteiger partial charge in [-0.15, -0.1) is 10.2 Å². The molecule has 0 amide bonds. The lowest BCUT2D eigenvalue weighted by Gasteiger charge is -2.12. The molecule has 20 heavy (non-hydrogen) atoms. The van der Waals surface area contributed by atoms with Gasteiger partial charge in [0.2, 0.25) is 0 Å². The van der Waals surface area contributed by atoms with E-state index in [2.05, 4.69) is 17.1 Å². The smallest absolute Gasteiger partial charge is 0.190 e. The number of thioether (sulfide) groups is 1. The second-order valence-corrected chi connectivity index (χ2v) is 5.55. The Morgan fingerprint density at radius 2 is 2.10 bits per heavy atom. The SMILES string of the molecule is CCCOc1ccc(C(N)CSc2nncn2C)cc1. The van der Waals surface area contributed by atoms with Gasteiger partial charge in [-0.1, -0.05) is 30.8 Å². The van der Waals surface area contributed by atoms with Crippen molar-refractivity contribution in [1.29, 1.82) is 0 Å². The van der Waals surface area contributed by atoms with Crippen LogP contribution < -0.4 is 10.5 Å². The molecule has 1 atom stereocenters. The number of ether oxygens (including phenoxy) is 1. The minimum absolute atomic E-state index is 0.0306. The molecule has 1 aromatic carbocycles. The molecular weight excluding hydrogens is 272 g/mol. The molecule has 0 radical (unpaired) electrons. The average Bonchev–Trinajstić information content (AvgIpc) is 2.88. The van der Waals surface area contributed by atoms with Gasteiger partial charge < -0.3 is 15.0 Å². The van der Waals surface area contributed by atoms with Crippen LogP contribution in [0, 0.1) is 0 Å². The molecule has 6 heteroatoms. The Bertz CT molecular complexity index is 526. The maximum atomic E-state index is 6.19. The van der Waals surface area contributed by atoms with Crippen LogP contribution in [-0.2, 0) is 7.05 Å². The molecule has 0 saturated heterocycles. The van der Waals surface area contributed by atoms with Crippen molar-refractivity contribution in [2.24, 2.45) is 12.8 Å². The van der Waals surface area contributed by atoms with Crippen molar-refractivity contribution in [3.05, 3.63) is 36.2 Å². The third kappa shape index (κ3) is 3.98. The number of aryl methyl sites for hydroxylation is 1. The maximum absolute atomic E-state index is 6.19. The quantitative estimate of drug-likeness (QED) is 0.794. The van der Waals surface area contributed by atoms with Crippen LogP contribution in [0.2, 0.25) is 0 Å². The van der Waals surface area contributed by atoms with Gasteiger partial charge in [0.15, 0.2) is 5.16 Å². The van der Waals surface area contributed by atoms with Crippen LogP contribution >= 0.6 is 11.8 Å². The van der Waals surface area contributed by atoms with Crippen LogP contribution in [0.15, 0.2) is 35.7 Å². The third-order valence-electron chi connectivity index (χ3n) is 2.84. The van der Waals surface area contributed by atoms with Crippen molar-refractivity contribution in [2.75, 3.05) is 12.4 Å². The highest BCUT2D eigenvalue weighted by Crippen LogP contribution is 2.22. The number of aromatic nitrogens is 3. The van der Waals surface area contributed by atoms with E-state index in [1.807, 2.05) is 35.9 Å². The van der Waals surface area contributed by atoms with E-state index in [1.165, 1.54) is 0 Å². The highest BCUT2D eigenvalue weighted by atomic mass is 32.2. The zero-order chi connectivity index (χ0) is 14.4. The summed E-state index contributed by atoms with van der Waals surface area (Å²) in [4.78, 5) is 0. The molecule has 2 N–H and O–H groups in total. The number of nitrogens with zero attached hydrogens (tertiary/aromatic N) is 3. The van der Waals surface area contributed by atoms with Crippen LogP contribution in [0.1, 0.15) is 24.9 Å². The highest BCUT2D eigenvalue weighted by molar-refractivity contribution is 7.99. The van der Waals surface area contributed by atoms with E-state index >= 15 is 0 Å². The van der Waals surface area contributed by atoms with Gasteiger partial charge in [-0.2, -0.15) is 0 Å². The number of hydrogen-bond acceptors (Lipinski definition) is 5. The first-order valence-electron chi connectivity index (χ1n) is 6.66. The Morgan fingerprint density at radius 3 is 2.70 bits per heavy atom. The first-order chi connectivity index (χ1) is 9.70. The molecule has 2 rings (SSSR count). The fourth-order valence-corrected chi connectivity index (χ4v) is 2.57. The summed E-state index contributed by atoms with van der Waals surface area (Å²) in [5.74, 6) is 1.66. The molecule has 0 saturated carbocycles. The second-order valence-electron chi connectivity index (χ2n) is 4.56. The van der Waals surface area contributed by atoms with Crippen LogP contribution in [0.5, 0.6) is 5.75 Å². The van der Waals surface area contributed by atoms with Crippen LogP contribution in [0.3, 0.4) is 0 Å². The Hall–Kier alpha value is -1.53. The van der Waals surface area contributed by atoms with Gasteiger partial charge in [0, 0.05) is 18.8 Å². The summed E-state index contributed by atoms with van der Waals surface area (Å²) in [5.41, 5.74) is 7.29. The first-order valence-corrected chi connectivity index (χ1v) is 7.64. The molecule has 108 valence electrons. The lowest BCUT2D eigenvalue weighted by atomic mass is 10.1. The molecule has 2 aromatic rings. The molecule has 0 aliphatic rings. The lowest BCUT2D eigenvalue weighted by molar-refractivity contribution is 0.317. The molecule has 5 nitrogen and oxygen atoms in total. The third-order valence-corrected chi connectivity index (χ3v) is 4.00. The van der Waals surface area contributed by atoms with Crippen LogP contribution in [-0.4, -0.2) is 27.1 Å². The molecule has 0 aliphatic heterocycles. The van der Waals surface area contributed by atoms with E-state index in [1.54, 1.807) is 18.1 Å². The van der Waals surface area contributed by atoms with E-state index in [4.69, 9.17) is 10.5 Å². The Balaban J connectivity index is 1.88. The van der Waals surface area contributed by atoms with Gasteiger partial charge in [-0.05, 0) is 24.1 Å². The van der Waals surface area contributed by atoms with Gasteiger partial charge in [0.1, 0.15) is 12.1 Å². The van der Waals surface area contributed by atoms with Gasteiger partial charge in [-0.25, -0.2) is 0 Å². The van der Waals surface area contributed by atoms with Crippen molar-refractivity contribution in [2.45, 2.75) is 24.5 Å². The first kappa shape index (κ1) is 14.9. The zero-order valence-electron chi connectivity index (χ0n) is 11.8. The largest absolute Gasteiger partial charge is 0.494 e. The van der Waals surface area contributed by atoms with Crippen molar-refractivity contribution < 1.29 is 4.74 Å². The predicted molar refractivity (Wildman–Crippen MR) is 80.9 cm³/mol. The van der Waals surface area contributed by atoms with Crippen molar-refractivity contribution >= 4 is 11.8 Å². The molecule has 0 bridgehead atoms. The molecule has 0 aliphatic carbocycles. The van der Waals surface area contributed by atoms with E-state index in [-0.39, 0.29) is 6.04 Å². The van der Waals surface area contributed by atoms with Gasteiger partial charge >= 0.3 is 0 Å². The standard InChI is InChI=1S/C14H20N4OS/c1-3-8-19-12-6-4-11(5-7-12)13(15)9-20-14-17-16-10-18(14)2/h4-7,10,13H,3,8-9,15H2,1-2H3. The van der Waals surface area contributed by atoms with E-state index in [0.29, 0.717) is 0 Å². The molecular formula is C14H20N4OS. The average molecular weight is 292 g/mol. The molecule has 1 aromatic heterocycles. The van der Waals surface area contributed by atoms with Crippen LogP contribution in [0.4, 0.5) is 0 Å². The maximum Gasteiger partial charge on any atom is 0.190 e. The zero-order valence-corrected chi connectivity index (χ0v) is 12.6. The molecule has 1 unspecified atom stereocenters. The molecule has 0 spiro atoms. The van der Waals surface area contributed by atoms with Gasteiger partial charge in [0.05, 0.1) is 6.61 Å². The Kier molecular flexibility index (Phi) is 5.43. The summed E-state index contributed by atoms with van der Waals surface area (Å²) in [5, 5.41) is 8.76. The van der Waals surface area contributed by atoms with E-state index in [0.717, 1.165) is 35.2 Å². The van der Waals surface area contributed by atoms with Crippen molar-refractivity contribution in [3.63, 3.8) is 0 Å². The number of rotatable bonds is 7. The second kappa shape index (κ2) is 7.31.